The number of para-hydroxylation sites is 1. The second-order valence-corrected chi connectivity index (χ2v) is 6.31. The molecule has 25 heavy (non-hydrogen) atoms. The van der Waals surface area contributed by atoms with Gasteiger partial charge in [0.05, 0.1) is 12.2 Å². The summed E-state index contributed by atoms with van der Waals surface area (Å²) >= 11 is 0. The van der Waals surface area contributed by atoms with Gasteiger partial charge in [-0.15, -0.1) is 0 Å². The SMILES string of the molecule is O=C(c1ccc(F)cc1F)N1CCC(CCOc2ccccc2)CC1. The summed E-state index contributed by atoms with van der Waals surface area (Å²) < 4.78 is 32.4. The van der Waals surface area contributed by atoms with Crippen LogP contribution < -0.4 is 4.74 Å². The van der Waals surface area contributed by atoms with Crippen molar-refractivity contribution in [2.75, 3.05) is 19.7 Å². The van der Waals surface area contributed by atoms with Crippen LogP contribution in [0.25, 0.3) is 0 Å². The van der Waals surface area contributed by atoms with E-state index in [1.54, 1.807) is 4.90 Å². The van der Waals surface area contributed by atoms with Gasteiger partial charge < -0.3 is 9.64 Å². The minimum Gasteiger partial charge on any atom is -0.494 e. The predicted octanol–water partition coefficient (Wildman–Crippen LogP) is 4.29. The number of carbonyl (C=O) groups is 1. The monoisotopic (exact) mass is 345 g/mol. The molecular formula is C20H21F2NO2. The van der Waals surface area contributed by atoms with E-state index in [0.29, 0.717) is 25.6 Å². The Morgan fingerprint density at radius 1 is 1.08 bits per heavy atom. The van der Waals surface area contributed by atoms with Crippen LogP contribution in [0.3, 0.4) is 0 Å². The summed E-state index contributed by atoms with van der Waals surface area (Å²) in [5.41, 5.74) is -0.0627. The molecule has 1 aliphatic rings. The molecule has 1 heterocycles. The van der Waals surface area contributed by atoms with Crippen LogP contribution in [-0.2, 0) is 0 Å². The molecule has 0 spiro atoms. The molecular weight excluding hydrogens is 324 g/mol. The molecule has 1 aliphatic heterocycles. The lowest BCUT2D eigenvalue weighted by molar-refractivity contribution is 0.0675. The number of hydrogen-bond acceptors (Lipinski definition) is 2. The van der Waals surface area contributed by atoms with Gasteiger partial charge in [0, 0.05) is 19.2 Å². The van der Waals surface area contributed by atoms with E-state index in [1.165, 1.54) is 6.07 Å². The van der Waals surface area contributed by atoms with E-state index in [9.17, 15) is 13.6 Å². The summed E-state index contributed by atoms with van der Waals surface area (Å²) in [5, 5.41) is 0. The molecule has 1 saturated heterocycles. The van der Waals surface area contributed by atoms with E-state index >= 15 is 0 Å². The number of hydrogen-bond donors (Lipinski definition) is 0. The third-order valence-electron chi connectivity index (χ3n) is 4.60. The molecule has 1 fully saturated rings. The summed E-state index contributed by atoms with van der Waals surface area (Å²) in [5.74, 6) is -0.487. The van der Waals surface area contributed by atoms with Crippen LogP contribution in [-0.4, -0.2) is 30.5 Å². The van der Waals surface area contributed by atoms with Gasteiger partial charge in [-0.3, -0.25) is 4.79 Å². The van der Waals surface area contributed by atoms with Crippen LogP contribution in [0.5, 0.6) is 5.75 Å². The Balaban J connectivity index is 1.46. The molecule has 2 aromatic rings. The van der Waals surface area contributed by atoms with Crippen molar-refractivity contribution in [3.8, 4) is 5.75 Å². The minimum atomic E-state index is -0.802. The Kier molecular flexibility index (Phi) is 5.64. The number of benzene rings is 2. The van der Waals surface area contributed by atoms with E-state index in [-0.39, 0.29) is 11.5 Å². The van der Waals surface area contributed by atoms with Gasteiger partial charge in [-0.2, -0.15) is 0 Å². The van der Waals surface area contributed by atoms with Crippen molar-refractivity contribution >= 4 is 5.91 Å². The third-order valence-corrected chi connectivity index (χ3v) is 4.60. The lowest BCUT2D eigenvalue weighted by Gasteiger charge is -2.32. The number of carbonyl (C=O) groups excluding carboxylic acids is 1. The zero-order chi connectivity index (χ0) is 17.6. The van der Waals surface area contributed by atoms with Crippen LogP contribution in [0.4, 0.5) is 8.78 Å². The molecule has 0 aromatic heterocycles. The van der Waals surface area contributed by atoms with E-state index in [4.69, 9.17) is 4.74 Å². The van der Waals surface area contributed by atoms with Gasteiger partial charge >= 0.3 is 0 Å². The molecule has 0 atom stereocenters. The molecule has 3 nitrogen and oxygen atoms in total. The maximum atomic E-state index is 13.8. The van der Waals surface area contributed by atoms with Crippen LogP contribution in [0.1, 0.15) is 29.6 Å². The molecule has 0 radical (unpaired) electrons. The molecule has 2 aromatic carbocycles. The average molecular weight is 345 g/mol. The maximum Gasteiger partial charge on any atom is 0.256 e. The van der Waals surface area contributed by atoms with Gasteiger partial charge in [0.15, 0.2) is 0 Å². The van der Waals surface area contributed by atoms with E-state index in [2.05, 4.69) is 0 Å². The van der Waals surface area contributed by atoms with Crippen LogP contribution >= 0.6 is 0 Å². The van der Waals surface area contributed by atoms with E-state index < -0.39 is 11.6 Å². The number of halogens is 2. The van der Waals surface area contributed by atoms with Crippen molar-refractivity contribution in [2.24, 2.45) is 5.92 Å². The standard InChI is InChI=1S/C20H21F2NO2/c21-16-6-7-18(19(22)14-16)20(24)23-11-8-15(9-12-23)10-13-25-17-4-2-1-3-5-17/h1-7,14-15H,8-13H2. The summed E-state index contributed by atoms with van der Waals surface area (Å²) in [4.78, 5) is 14.0. The molecule has 0 unspecified atom stereocenters. The Bertz CT molecular complexity index is 713. The number of nitrogens with zero attached hydrogens (tertiary/aromatic N) is 1. The first-order valence-electron chi connectivity index (χ1n) is 8.55. The predicted molar refractivity (Wildman–Crippen MR) is 91.5 cm³/mol. The highest BCUT2D eigenvalue weighted by atomic mass is 19.1. The second kappa shape index (κ2) is 8.10. The Labute approximate surface area is 146 Å². The van der Waals surface area contributed by atoms with Gasteiger partial charge in [0.25, 0.3) is 5.91 Å². The maximum absolute atomic E-state index is 13.8. The Hall–Kier alpha value is -2.43. The van der Waals surface area contributed by atoms with E-state index in [1.807, 2.05) is 30.3 Å². The fraction of sp³-hybridized carbons (Fsp3) is 0.350. The second-order valence-electron chi connectivity index (χ2n) is 6.31. The zero-order valence-corrected chi connectivity index (χ0v) is 14.0. The summed E-state index contributed by atoms with van der Waals surface area (Å²) in [6.07, 6.45) is 2.67. The average Bonchev–Trinajstić information content (AvgIpc) is 2.63. The zero-order valence-electron chi connectivity index (χ0n) is 14.0. The van der Waals surface area contributed by atoms with Gasteiger partial charge in [-0.05, 0) is 49.4 Å². The molecule has 132 valence electrons. The fourth-order valence-electron chi connectivity index (χ4n) is 3.12. The van der Waals surface area contributed by atoms with Crippen LogP contribution in [0, 0.1) is 17.6 Å². The largest absolute Gasteiger partial charge is 0.494 e. The van der Waals surface area contributed by atoms with Gasteiger partial charge in [-0.25, -0.2) is 8.78 Å². The highest BCUT2D eigenvalue weighted by Gasteiger charge is 2.25. The van der Waals surface area contributed by atoms with Gasteiger partial charge in [0.2, 0.25) is 0 Å². The first-order valence-corrected chi connectivity index (χ1v) is 8.55. The van der Waals surface area contributed by atoms with Gasteiger partial charge in [0.1, 0.15) is 17.4 Å². The third kappa shape index (κ3) is 4.56. The van der Waals surface area contributed by atoms with Crippen molar-refractivity contribution in [3.63, 3.8) is 0 Å². The topological polar surface area (TPSA) is 29.5 Å². The highest BCUT2D eigenvalue weighted by Crippen LogP contribution is 2.23. The van der Waals surface area contributed by atoms with Crippen molar-refractivity contribution in [2.45, 2.75) is 19.3 Å². The number of likely N-dealkylation sites (tertiary alicyclic amines) is 1. The molecule has 0 saturated carbocycles. The van der Waals surface area contributed by atoms with Crippen molar-refractivity contribution in [1.29, 1.82) is 0 Å². The molecule has 3 rings (SSSR count). The number of rotatable bonds is 5. The molecule has 1 amide bonds. The Morgan fingerprint density at radius 3 is 2.48 bits per heavy atom. The van der Waals surface area contributed by atoms with Crippen LogP contribution in [0.2, 0.25) is 0 Å². The Morgan fingerprint density at radius 2 is 1.80 bits per heavy atom. The van der Waals surface area contributed by atoms with E-state index in [0.717, 1.165) is 37.1 Å². The van der Waals surface area contributed by atoms with Crippen LogP contribution in [0.15, 0.2) is 48.5 Å². The number of piperidine rings is 1. The highest BCUT2D eigenvalue weighted by molar-refractivity contribution is 5.94. The van der Waals surface area contributed by atoms with Crippen molar-refractivity contribution in [3.05, 3.63) is 65.7 Å². The molecule has 0 N–H and O–H groups in total. The lowest BCUT2D eigenvalue weighted by atomic mass is 9.93. The van der Waals surface area contributed by atoms with Crippen molar-refractivity contribution in [1.82, 2.24) is 4.90 Å². The first kappa shape index (κ1) is 17.4. The number of ether oxygens (including phenoxy) is 1. The summed E-state index contributed by atoms with van der Waals surface area (Å²) in [6, 6.07) is 12.8. The molecule has 0 bridgehead atoms. The molecule has 5 heteroatoms. The minimum absolute atomic E-state index is 0.0627. The quantitative estimate of drug-likeness (QED) is 0.809. The lowest BCUT2D eigenvalue weighted by Crippen LogP contribution is -2.39. The summed E-state index contributed by atoms with van der Waals surface area (Å²) in [6.45, 7) is 1.83. The number of amides is 1. The van der Waals surface area contributed by atoms with Gasteiger partial charge in [-0.1, -0.05) is 18.2 Å². The fourth-order valence-corrected chi connectivity index (χ4v) is 3.12. The summed E-state index contributed by atoms with van der Waals surface area (Å²) in [7, 11) is 0. The first-order chi connectivity index (χ1) is 12.1. The smallest absolute Gasteiger partial charge is 0.256 e. The molecule has 0 aliphatic carbocycles. The van der Waals surface area contributed by atoms with Crippen molar-refractivity contribution < 1.29 is 18.3 Å². The normalized spacial score (nSPS) is 15.2.